The van der Waals surface area contributed by atoms with Crippen molar-refractivity contribution in [2.75, 3.05) is 19.1 Å². The van der Waals surface area contributed by atoms with Crippen LogP contribution in [0.5, 0.6) is 11.5 Å². The fraction of sp³-hybridized carbons (Fsp3) is 0.562. The second-order valence-electron chi connectivity index (χ2n) is 5.63. The lowest BCUT2D eigenvalue weighted by Crippen LogP contribution is -2.52. The standard InChI is InChI=1S/C16H21NO3/c1-19-14-6-7-16(20-2)15(10-14)17-11-4-3-5-12(17)9-13(18)8-11/h6-7,10-12H,3-5,8-9H2,1-2H3. The quantitative estimate of drug-likeness (QED) is 0.850. The van der Waals surface area contributed by atoms with E-state index in [-0.39, 0.29) is 0 Å². The summed E-state index contributed by atoms with van der Waals surface area (Å²) < 4.78 is 10.8. The average Bonchev–Trinajstić information content (AvgIpc) is 2.45. The maximum atomic E-state index is 11.8. The van der Waals surface area contributed by atoms with E-state index in [1.54, 1.807) is 14.2 Å². The first kappa shape index (κ1) is 13.3. The fourth-order valence-corrected chi connectivity index (χ4v) is 3.57. The summed E-state index contributed by atoms with van der Waals surface area (Å²) in [6.45, 7) is 0. The van der Waals surface area contributed by atoms with Crippen LogP contribution in [0.1, 0.15) is 32.1 Å². The smallest absolute Gasteiger partial charge is 0.142 e. The van der Waals surface area contributed by atoms with Crippen molar-refractivity contribution in [3.63, 3.8) is 0 Å². The number of hydrogen-bond donors (Lipinski definition) is 0. The third-order valence-corrected chi connectivity index (χ3v) is 4.45. The lowest BCUT2D eigenvalue weighted by molar-refractivity contribution is -0.121. The lowest BCUT2D eigenvalue weighted by atomic mass is 9.83. The molecule has 0 amide bonds. The summed E-state index contributed by atoms with van der Waals surface area (Å²) >= 11 is 0. The summed E-state index contributed by atoms with van der Waals surface area (Å²) in [7, 11) is 3.36. The highest BCUT2D eigenvalue weighted by Crippen LogP contribution is 2.42. The van der Waals surface area contributed by atoms with Crippen molar-refractivity contribution in [1.29, 1.82) is 0 Å². The molecule has 0 saturated carbocycles. The lowest BCUT2D eigenvalue weighted by Gasteiger charge is -2.47. The Labute approximate surface area is 119 Å². The molecule has 0 aliphatic carbocycles. The molecule has 3 rings (SSSR count). The van der Waals surface area contributed by atoms with Gasteiger partial charge in [0.1, 0.15) is 17.3 Å². The number of ketones is 1. The molecule has 2 aliphatic heterocycles. The molecule has 108 valence electrons. The van der Waals surface area contributed by atoms with E-state index in [1.807, 2.05) is 18.2 Å². The minimum absolute atomic E-state index is 0.316. The SMILES string of the molecule is COc1ccc(OC)c(N2C3CCCC2CC(=O)C3)c1. The molecule has 0 spiro atoms. The number of piperidine rings is 2. The zero-order valence-electron chi connectivity index (χ0n) is 12.1. The number of benzene rings is 1. The van der Waals surface area contributed by atoms with Gasteiger partial charge in [0.25, 0.3) is 0 Å². The van der Waals surface area contributed by atoms with Gasteiger partial charge in [-0.3, -0.25) is 4.79 Å². The Morgan fingerprint density at radius 1 is 1.10 bits per heavy atom. The molecule has 2 unspecified atom stereocenters. The van der Waals surface area contributed by atoms with Crippen LogP contribution in [0.2, 0.25) is 0 Å². The van der Waals surface area contributed by atoms with Crippen LogP contribution in [0.4, 0.5) is 5.69 Å². The molecule has 1 aromatic carbocycles. The Morgan fingerprint density at radius 3 is 2.40 bits per heavy atom. The van der Waals surface area contributed by atoms with E-state index in [0.29, 0.717) is 30.7 Å². The molecule has 2 aliphatic rings. The number of carbonyl (C=O) groups excluding carboxylic acids is 1. The van der Waals surface area contributed by atoms with E-state index in [2.05, 4.69) is 4.90 Å². The predicted octanol–water partition coefficient (Wildman–Crippen LogP) is 2.79. The first-order chi connectivity index (χ1) is 9.72. The van der Waals surface area contributed by atoms with Crippen molar-refractivity contribution in [2.45, 2.75) is 44.2 Å². The Morgan fingerprint density at radius 2 is 1.80 bits per heavy atom. The maximum absolute atomic E-state index is 11.8. The third-order valence-electron chi connectivity index (χ3n) is 4.45. The Kier molecular flexibility index (Phi) is 3.55. The van der Waals surface area contributed by atoms with E-state index in [4.69, 9.17) is 9.47 Å². The highest BCUT2D eigenvalue weighted by Gasteiger charge is 2.38. The summed E-state index contributed by atoms with van der Waals surface area (Å²) in [5.74, 6) is 2.09. The topological polar surface area (TPSA) is 38.8 Å². The molecule has 1 aromatic rings. The fourth-order valence-electron chi connectivity index (χ4n) is 3.57. The molecule has 0 N–H and O–H groups in total. The second kappa shape index (κ2) is 5.35. The van der Waals surface area contributed by atoms with Gasteiger partial charge in [-0.15, -0.1) is 0 Å². The Hall–Kier alpha value is -1.71. The number of anilines is 1. The number of rotatable bonds is 3. The van der Waals surface area contributed by atoms with Crippen LogP contribution in [0.3, 0.4) is 0 Å². The normalized spacial score (nSPS) is 25.5. The molecule has 2 bridgehead atoms. The largest absolute Gasteiger partial charge is 0.497 e. The molecule has 4 heteroatoms. The summed E-state index contributed by atoms with van der Waals surface area (Å²) in [6.07, 6.45) is 4.71. The number of methoxy groups -OCH3 is 2. The average molecular weight is 275 g/mol. The van der Waals surface area contributed by atoms with Crippen LogP contribution < -0.4 is 14.4 Å². The van der Waals surface area contributed by atoms with Crippen molar-refractivity contribution >= 4 is 11.5 Å². The van der Waals surface area contributed by atoms with E-state index in [1.165, 1.54) is 6.42 Å². The molecular formula is C16H21NO3. The number of Topliss-reactive ketones (excluding diaryl/α,β-unsaturated/α-hetero) is 1. The molecule has 4 nitrogen and oxygen atoms in total. The molecule has 2 atom stereocenters. The number of carbonyl (C=O) groups is 1. The second-order valence-corrected chi connectivity index (χ2v) is 5.63. The van der Waals surface area contributed by atoms with Crippen LogP contribution in [0.15, 0.2) is 18.2 Å². The first-order valence-corrected chi connectivity index (χ1v) is 7.25. The number of hydrogen-bond acceptors (Lipinski definition) is 4. The molecule has 20 heavy (non-hydrogen) atoms. The van der Waals surface area contributed by atoms with Crippen molar-refractivity contribution in [3.8, 4) is 11.5 Å². The number of nitrogens with zero attached hydrogens (tertiary/aromatic N) is 1. The Balaban J connectivity index is 2.00. The minimum atomic E-state index is 0.316. The van der Waals surface area contributed by atoms with Crippen molar-refractivity contribution in [1.82, 2.24) is 0 Å². The molecular weight excluding hydrogens is 254 g/mol. The molecule has 2 fully saturated rings. The van der Waals surface area contributed by atoms with Crippen molar-refractivity contribution in [2.24, 2.45) is 0 Å². The molecule has 0 aromatic heterocycles. The van der Waals surface area contributed by atoms with Crippen molar-refractivity contribution in [3.05, 3.63) is 18.2 Å². The van der Waals surface area contributed by atoms with Gasteiger partial charge in [0.05, 0.1) is 19.9 Å². The van der Waals surface area contributed by atoms with Gasteiger partial charge in [0.2, 0.25) is 0 Å². The third kappa shape index (κ3) is 2.23. The van der Waals surface area contributed by atoms with E-state index in [0.717, 1.165) is 30.0 Å². The van der Waals surface area contributed by atoms with E-state index in [9.17, 15) is 4.79 Å². The molecule has 2 heterocycles. The van der Waals surface area contributed by atoms with Gasteiger partial charge in [-0.05, 0) is 31.4 Å². The zero-order valence-corrected chi connectivity index (χ0v) is 12.1. The number of fused-ring (bicyclic) bond motifs is 2. The summed E-state index contributed by atoms with van der Waals surface area (Å²) in [5, 5.41) is 0. The first-order valence-electron chi connectivity index (χ1n) is 7.25. The highest BCUT2D eigenvalue weighted by atomic mass is 16.5. The van der Waals surface area contributed by atoms with Crippen molar-refractivity contribution < 1.29 is 14.3 Å². The van der Waals surface area contributed by atoms with Gasteiger partial charge in [0, 0.05) is 31.0 Å². The van der Waals surface area contributed by atoms with Gasteiger partial charge >= 0.3 is 0 Å². The summed E-state index contributed by atoms with van der Waals surface area (Å²) in [5.41, 5.74) is 1.06. The minimum Gasteiger partial charge on any atom is -0.497 e. The van der Waals surface area contributed by atoms with Gasteiger partial charge in [-0.1, -0.05) is 0 Å². The monoisotopic (exact) mass is 275 g/mol. The van der Waals surface area contributed by atoms with Crippen LogP contribution in [-0.4, -0.2) is 32.1 Å². The van der Waals surface area contributed by atoms with Gasteiger partial charge in [-0.25, -0.2) is 0 Å². The molecule has 2 saturated heterocycles. The highest BCUT2D eigenvalue weighted by molar-refractivity contribution is 5.83. The summed E-state index contributed by atoms with van der Waals surface area (Å²) in [6, 6.07) is 6.51. The zero-order chi connectivity index (χ0) is 14.1. The van der Waals surface area contributed by atoms with Crippen LogP contribution in [0, 0.1) is 0 Å². The van der Waals surface area contributed by atoms with Crippen LogP contribution in [-0.2, 0) is 4.79 Å². The van der Waals surface area contributed by atoms with Crippen LogP contribution in [0.25, 0.3) is 0 Å². The van der Waals surface area contributed by atoms with Gasteiger partial charge in [-0.2, -0.15) is 0 Å². The maximum Gasteiger partial charge on any atom is 0.142 e. The number of ether oxygens (including phenoxy) is 2. The predicted molar refractivity (Wildman–Crippen MR) is 77.7 cm³/mol. The Bertz CT molecular complexity index is 498. The van der Waals surface area contributed by atoms with Gasteiger partial charge in [0.15, 0.2) is 0 Å². The van der Waals surface area contributed by atoms with E-state index < -0.39 is 0 Å². The van der Waals surface area contributed by atoms with Crippen LogP contribution >= 0.6 is 0 Å². The molecule has 0 radical (unpaired) electrons. The van der Waals surface area contributed by atoms with Gasteiger partial charge < -0.3 is 14.4 Å². The van der Waals surface area contributed by atoms with E-state index >= 15 is 0 Å². The summed E-state index contributed by atoms with van der Waals surface area (Å²) in [4.78, 5) is 14.2.